The fourth-order valence-corrected chi connectivity index (χ4v) is 2.90. The third-order valence-corrected chi connectivity index (χ3v) is 5.14. The van der Waals surface area contributed by atoms with Gasteiger partial charge in [-0.25, -0.2) is 4.79 Å². The Morgan fingerprint density at radius 2 is 1.78 bits per heavy atom. The second-order valence-corrected chi connectivity index (χ2v) is 7.51. The quantitative estimate of drug-likeness (QED) is 0.601. The van der Waals surface area contributed by atoms with Gasteiger partial charge in [-0.1, -0.05) is 0 Å². The molecule has 148 valence electrons. The Kier molecular flexibility index (Phi) is 6.22. The highest BCUT2D eigenvalue weighted by Crippen LogP contribution is 2.43. The molecule has 1 aromatic carbocycles. The summed E-state index contributed by atoms with van der Waals surface area (Å²) in [4.78, 5) is 24.1. The molecule has 1 atom stereocenters. The molecule has 27 heavy (non-hydrogen) atoms. The van der Waals surface area contributed by atoms with Crippen LogP contribution in [0.15, 0.2) is 18.2 Å². The van der Waals surface area contributed by atoms with E-state index in [1.165, 1.54) is 25.3 Å². The molecular weight excluding hydrogens is 351 g/mol. The van der Waals surface area contributed by atoms with Crippen molar-refractivity contribution in [3.05, 3.63) is 29.3 Å². The van der Waals surface area contributed by atoms with Crippen LogP contribution >= 0.6 is 0 Å². The van der Waals surface area contributed by atoms with Crippen molar-refractivity contribution in [3.63, 3.8) is 0 Å². The predicted octanol–water partition coefficient (Wildman–Crippen LogP) is 2.85. The molecule has 0 spiro atoms. The first kappa shape index (κ1) is 21.2. The molecule has 2 rings (SSSR count). The van der Waals surface area contributed by atoms with Crippen molar-refractivity contribution >= 4 is 19.1 Å². The number of hydrogen-bond donors (Lipinski definition) is 1. The number of rotatable bonds is 6. The Morgan fingerprint density at radius 3 is 2.30 bits per heavy atom. The van der Waals surface area contributed by atoms with Gasteiger partial charge in [0.2, 0.25) is 0 Å². The van der Waals surface area contributed by atoms with Crippen LogP contribution < -0.4 is 0 Å². The summed E-state index contributed by atoms with van der Waals surface area (Å²) in [7, 11) is 0.484. The van der Waals surface area contributed by atoms with Crippen LogP contribution in [0.5, 0.6) is 5.75 Å². The minimum atomic E-state index is -0.793. The second-order valence-electron chi connectivity index (χ2n) is 7.51. The lowest BCUT2D eigenvalue weighted by Crippen LogP contribution is -2.41. The number of esters is 2. The summed E-state index contributed by atoms with van der Waals surface area (Å²) in [6.07, 6.45) is -0.0666. The Morgan fingerprint density at radius 1 is 1.19 bits per heavy atom. The molecule has 1 aliphatic heterocycles. The summed E-state index contributed by atoms with van der Waals surface area (Å²) in [5, 5.41) is 10.4. The summed E-state index contributed by atoms with van der Waals surface area (Å²) in [5.74, 6) is -1.71. The Balaban J connectivity index is 2.45. The maximum Gasteiger partial charge on any atom is 0.466 e. The highest BCUT2D eigenvalue weighted by Gasteiger charge is 2.54. The summed E-state index contributed by atoms with van der Waals surface area (Å²) < 4.78 is 22.0. The van der Waals surface area contributed by atoms with E-state index in [2.05, 4.69) is 0 Å². The standard InChI is InChI=1S/C19H27BO7/c1-7-25-16(22)11-14(20-26-18(2,3)19(4,5)27-20)13-10-12(17(23)24-6)8-9-15(13)21/h8-10,14,21H,7,11H2,1-6H3. The molecule has 0 bridgehead atoms. The number of hydrogen-bond acceptors (Lipinski definition) is 7. The van der Waals surface area contributed by atoms with Gasteiger partial charge in [0.05, 0.1) is 36.9 Å². The molecule has 0 radical (unpaired) electrons. The van der Waals surface area contributed by atoms with Crippen LogP contribution in [-0.2, 0) is 23.6 Å². The highest BCUT2D eigenvalue weighted by molar-refractivity contribution is 6.48. The molecule has 1 aromatic rings. The molecule has 1 heterocycles. The van der Waals surface area contributed by atoms with Crippen molar-refractivity contribution in [2.75, 3.05) is 13.7 Å². The number of benzene rings is 1. The average Bonchev–Trinajstić information content (AvgIpc) is 2.80. The van der Waals surface area contributed by atoms with E-state index in [0.29, 0.717) is 5.56 Å². The minimum Gasteiger partial charge on any atom is -0.508 e. The van der Waals surface area contributed by atoms with Gasteiger partial charge in [-0.3, -0.25) is 4.79 Å². The van der Waals surface area contributed by atoms with Crippen LogP contribution in [0.4, 0.5) is 0 Å². The lowest BCUT2D eigenvalue weighted by atomic mass is 9.65. The van der Waals surface area contributed by atoms with E-state index in [1.54, 1.807) is 6.92 Å². The molecule has 7 nitrogen and oxygen atoms in total. The number of carbonyl (C=O) groups excluding carboxylic acids is 2. The lowest BCUT2D eigenvalue weighted by Gasteiger charge is -2.32. The van der Waals surface area contributed by atoms with Gasteiger partial charge in [-0.15, -0.1) is 0 Å². The second kappa shape index (κ2) is 7.90. The average molecular weight is 378 g/mol. The van der Waals surface area contributed by atoms with Gasteiger partial charge in [-0.05, 0) is 58.4 Å². The molecule has 1 unspecified atom stereocenters. The SMILES string of the molecule is CCOC(=O)CC(B1OC(C)(C)C(C)(C)O1)c1cc(C(=O)OC)ccc1O. The fourth-order valence-electron chi connectivity index (χ4n) is 2.90. The Labute approximate surface area is 160 Å². The summed E-state index contributed by atoms with van der Waals surface area (Å²) >= 11 is 0. The van der Waals surface area contributed by atoms with Gasteiger partial charge < -0.3 is 23.9 Å². The number of methoxy groups -OCH3 is 1. The van der Waals surface area contributed by atoms with Gasteiger partial charge in [0.25, 0.3) is 0 Å². The van der Waals surface area contributed by atoms with E-state index in [-0.39, 0.29) is 24.3 Å². The van der Waals surface area contributed by atoms with Gasteiger partial charge in [0, 0.05) is 5.82 Å². The van der Waals surface area contributed by atoms with Gasteiger partial charge in [0.15, 0.2) is 0 Å². The van der Waals surface area contributed by atoms with E-state index >= 15 is 0 Å². The maximum absolute atomic E-state index is 12.2. The lowest BCUT2D eigenvalue weighted by molar-refractivity contribution is -0.143. The highest BCUT2D eigenvalue weighted by atomic mass is 16.7. The predicted molar refractivity (Wildman–Crippen MR) is 99.5 cm³/mol. The maximum atomic E-state index is 12.2. The number of aromatic hydroxyl groups is 1. The normalized spacial score (nSPS) is 18.8. The van der Waals surface area contributed by atoms with Crippen LogP contribution in [0, 0.1) is 0 Å². The third-order valence-electron chi connectivity index (χ3n) is 5.14. The van der Waals surface area contributed by atoms with Crippen molar-refractivity contribution < 1.29 is 33.5 Å². The van der Waals surface area contributed by atoms with E-state index < -0.39 is 36.1 Å². The summed E-state index contributed by atoms with van der Waals surface area (Å²) in [6, 6.07) is 4.34. The van der Waals surface area contributed by atoms with E-state index in [1.807, 2.05) is 27.7 Å². The van der Waals surface area contributed by atoms with Crippen molar-refractivity contribution in [3.8, 4) is 5.75 Å². The number of phenols is 1. The topological polar surface area (TPSA) is 91.3 Å². The van der Waals surface area contributed by atoms with Gasteiger partial charge in [-0.2, -0.15) is 0 Å². The summed E-state index contributed by atoms with van der Waals surface area (Å²) in [5.41, 5.74) is -0.597. The fraction of sp³-hybridized carbons (Fsp3) is 0.579. The Hall–Kier alpha value is -2.06. The molecule has 0 aliphatic carbocycles. The molecule has 1 aliphatic rings. The van der Waals surface area contributed by atoms with Crippen LogP contribution in [0.2, 0.25) is 0 Å². The Bertz CT molecular complexity index is 698. The van der Waals surface area contributed by atoms with Crippen molar-refractivity contribution in [1.29, 1.82) is 0 Å². The first-order valence-electron chi connectivity index (χ1n) is 8.95. The van der Waals surface area contributed by atoms with E-state index in [4.69, 9.17) is 18.8 Å². The number of ether oxygens (including phenoxy) is 2. The zero-order valence-electron chi connectivity index (χ0n) is 16.7. The van der Waals surface area contributed by atoms with Crippen molar-refractivity contribution in [2.24, 2.45) is 0 Å². The van der Waals surface area contributed by atoms with Gasteiger partial charge >= 0.3 is 19.1 Å². The number of phenolic OH excluding ortho intramolecular Hbond substituents is 1. The molecule has 0 aromatic heterocycles. The molecular formula is C19H27BO7. The van der Waals surface area contributed by atoms with E-state index in [9.17, 15) is 14.7 Å². The van der Waals surface area contributed by atoms with Crippen molar-refractivity contribution in [1.82, 2.24) is 0 Å². The van der Waals surface area contributed by atoms with Crippen LogP contribution in [0.1, 0.15) is 62.8 Å². The summed E-state index contributed by atoms with van der Waals surface area (Å²) in [6.45, 7) is 9.57. The third kappa shape index (κ3) is 4.44. The van der Waals surface area contributed by atoms with Crippen LogP contribution in [-0.4, -0.2) is 49.1 Å². The monoisotopic (exact) mass is 378 g/mol. The largest absolute Gasteiger partial charge is 0.508 e. The molecule has 1 saturated heterocycles. The zero-order valence-corrected chi connectivity index (χ0v) is 16.7. The molecule has 8 heteroatoms. The minimum absolute atomic E-state index is 0.0633. The van der Waals surface area contributed by atoms with E-state index in [0.717, 1.165) is 0 Å². The smallest absolute Gasteiger partial charge is 0.466 e. The molecule has 1 fully saturated rings. The molecule has 0 saturated carbocycles. The van der Waals surface area contributed by atoms with Gasteiger partial charge in [0.1, 0.15) is 5.75 Å². The van der Waals surface area contributed by atoms with Crippen molar-refractivity contribution in [2.45, 2.75) is 58.1 Å². The zero-order chi connectivity index (χ0) is 20.4. The van der Waals surface area contributed by atoms with Crippen LogP contribution in [0.3, 0.4) is 0 Å². The molecule has 0 amide bonds. The number of carbonyl (C=O) groups is 2. The van der Waals surface area contributed by atoms with Crippen LogP contribution in [0.25, 0.3) is 0 Å². The molecule has 1 N–H and O–H groups in total. The first-order chi connectivity index (χ1) is 12.5. The first-order valence-corrected chi connectivity index (χ1v) is 8.95.